The fraction of sp³-hybridized carbons (Fsp3) is 0.231. The Labute approximate surface area is 200 Å². The third kappa shape index (κ3) is 4.46. The number of halogens is 3. The van der Waals surface area contributed by atoms with Crippen molar-refractivity contribution in [2.45, 2.75) is 31.5 Å². The minimum atomic E-state index is -2.32. The number of ether oxygens (including phenoxy) is 1. The molecule has 0 saturated carbocycles. The molecule has 2 heterocycles. The number of rotatable bonds is 8. The molecule has 2 unspecified atom stereocenters. The number of pyridine rings is 1. The van der Waals surface area contributed by atoms with Crippen LogP contribution >= 0.6 is 0 Å². The van der Waals surface area contributed by atoms with Crippen LogP contribution in [0.3, 0.4) is 0 Å². The van der Waals surface area contributed by atoms with Crippen molar-refractivity contribution >= 4 is 11.6 Å². The standard InChI is InChI=1S/C26H25F3N4O2/c1-16(2)26(29,25(3,34)18-7-9-19(27)10-8-18)12-14-35-21-6-4-5-20(23(21)28)17-11-13-33-22(15-17)31-24(30)32-33/h4-11,13,15,34H,1,12,14H2,2-3H3,(H2,30,32). The highest BCUT2D eigenvalue weighted by atomic mass is 19.1. The number of anilines is 1. The van der Waals surface area contributed by atoms with Gasteiger partial charge in [-0.25, -0.2) is 17.7 Å². The Morgan fingerprint density at radius 1 is 1.17 bits per heavy atom. The van der Waals surface area contributed by atoms with Crippen molar-refractivity contribution in [3.63, 3.8) is 0 Å². The quantitative estimate of drug-likeness (QED) is 0.337. The van der Waals surface area contributed by atoms with Gasteiger partial charge < -0.3 is 15.6 Å². The van der Waals surface area contributed by atoms with Crippen molar-refractivity contribution in [3.8, 4) is 16.9 Å². The average Bonchev–Trinajstić information content (AvgIpc) is 3.19. The van der Waals surface area contributed by atoms with Gasteiger partial charge in [-0.15, -0.1) is 5.10 Å². The molecule has 6 nitrogen and oxygen atoms in total. The largest absolute Gasteiger partial charge is 0.490 e. The van der Waals surface area contributed by atoms with Gasteiger partial charge in [0.15, 0.2) is 22.9 Å². The van der Waals surface area contributed by atoms with Crippen LogP contribution in [0.25, 0.3) is 16.8 Å². The summed E-state index contributed by atoms with van der Waals surface area (Å²) in [4.78, 5) is 4.08. The summed E-state index contributed by atoms with van der Waals surface area (Å²) in [7, 11) is 0. The Kier molecular flexibility index (Phi) is 6.29. The normalized spacial score (nSPS) is 14.9. The maximum atomic E-state index is 16.1. The molecule has 0 fully saturated rings. The third-order valence-electron chi connectivity index (χ3n) is 6.19. The van der Waals surface area contributed by atoms with Gasteiger partial charge in [0.05, 0.1) is 6.61 Å². The predicted molar refractivity (Wildman–Crippen MR) is 128 cm³/mol. The molecule has 0 aliphatic carbocycles. The molecule has 35 heavy (non-hydrogen) atoms. The van der Waals surface area contributed by atoms with Gasteiger partial charge in [0.1, 0.15) is 11.4 Å². The summed E-state index contributed by atoms with van der Waals surface area (Å²) in [5, 5.41) is 15.1. The summed E-state index contributed by atoms with van der Waals surface area (Å²) in [5.41, 5.74) is 2.76. The highest BCUT2D eigenvalue weighted by Crippen LogP contribution is 2.43. The van der Waals surface area contributed by atoms with Gasteiger partial charge in [-0.05, 0) is 60.9 Å². The second-order valence-electron chi connectivity index (χ2n) is 8.56. The van der Waals surface area contributed by atoms with E-state index >= 15 is 8.78 Å². The number of aromatic nitrogens is 3. The number of aliphatic hydroxyl groups is 1. The molecular weight excluding hydrogens is 457 g/mol. The Morgan fingerprint density at radius 2 is 1.89 bits per heavy atom. The van der Waals surface area contributed by atoms with Crippen molar-refractivity contribution in [3.05, 3.63) is 90.1 Å². The zero-order valence-electron chi connectivity index (χ0n) is 19.3. The number of nitrogen functional groups attached to an aromatic ring is 1. The van der Waals surface area contributed by atoms with Crippen molar-refractivity contribution < 1.29 is 23.0 Å². The number of benzene rings is 2. The summed E-state index contributed by atoms with van der Waals surface area (Å²) >= 11 is 0. The van der Waals surface area contributed by atoms with E-state index in [-0.39, 0.29) is 41.4 Å². The maximum Gasteiger partial charge on any atom is 0.240 e. The lowest BCUT2D eigenvalue weighted by molar-refractivity contribution is -0.0843. The summed E-state index contributed by atoms with van der Waals surface area (Å²) in [6, 6.07) is 12.9. The van der Waals surface area contributed by atoms with Gasteiger partial charge in [0, 0.05) is 18.2 Å². The van der Waals surface area contributed by atoms with E-state index in [4.69, 9.17) is 10.5 Å². The second-order valence-corrected chi connectivity index (χ2v) is 8.56. The molecule has 4 rings (SSSR count). The van der Waals surface area contributed by atoms with Gasteiger partial charge in [-0.3, -0.25) is 0 Å². The molecule has 0 bridgehead atoms. The summed E-state index contributed by atoms with van der Waals surface area (Å²) in [6.07, 6.45) is 1.30. The molecule has 3 N–H and O–H groups in total. The Balaban J connectivity index is 1.55. The smallest absolute Gasteiger partial charge is 0.240 e. The molecule has 9 heteroatoms. The van der Waals surface area contributed by atoms with Gasteiger partial charge in [0.25, 0.3) is 0 Å². The van der Waals surface area contributed by atoms with Crippen LogP contribution in [0.4, 0.5) is 19.1 Å². The molecule has 0 aliphatic heterocycles. The van der Waals surface area contributed by atoms with E-state index in [9.17, 15) is 9.50 Å². The first-order chi connectivity index (χ1) is 16.5. The van der Waals surface area contributed by atoms with Crippen molar-refractivity contribution in [1.29, 1.82) is 0 Å². The number of hydrogen-bond acceptors (Lipinski definition) is 5. The zero-order valence-corrected chi connectivity index (χ0v) is 19.3. The molecular formula is C26H25F3N4O2. The predicted octanol–water partition coefficient (Wildman–Crippen LogP) is 5.22. The first-order valence-electron chi connectivity index (χ1n) is 10.9. The fourth-order valence-corrected chi connectivity index (χ4v) is 4.09. The molecule has 0 amide bonds. The topological polar surface area (TPSA) is 85.7 Å². The van der Waals surface area contributed by atoms with Crippen molar-refractivity contribution in [1.82, 2.24) is 14.6 Å². The molecule has 0 spiro atoms. The lowest BCUT2D eigenvalue weighted by atomic mass is 9.74. The number of nitrogens with two attached hydrogens (primary N) is 1. The van der Waals surface area contributed by atoms with E-state index in [2.05, 4.69) is 16.7 Å². The minimum Gasteiger partial charge on any atom is -0.490 e. The Hall–Kier alpha value is -3.85. The van der Waals surface area contributed by atoms with Crippen LogP contribution in [0.15, 0.2) is 72.9 Å². The van der Waals surface area contributed by atoms with Gasteiger partial charge in [-0.1, -0.05) is 30.8 Å². The van der Waals surface area contributed by atoms with E-state index in [1.165, 1.54) is 36.6 Å². The van der Waals surface area contributed by atoms with Gasteiger partial charge >= 0.3 is 0 Å². The second kappa shape index (κ2) is 9.07. The molecule has 4 aromatic rings. The van der Waals surface area contributed by atoms with Gasteiger partial charge in [0.2, 0.25) is 5.95 Å². The highest BCUT2D eigenvalue weighted by Gasteiger charge is 2.49. The first-order valence-corrected chi connectivity index (χ1v) is 10.9. The van der Waals surface area contributed by atoms with Crippen LogP contribution < -0.4 is 10.5 Å². The third-order valence-corrected chi connectivity index (χ3v) is 6.19. The Bertz CT molecular complexity index is 1390. The van der Waals surface area contributed by atoms with E-state index in [0.717, 1.165) is 12.1 Å². The summed E-state index contributed by atoms with van der Waals surface area (Å²) in [5.74, 6) is -1.11. The van der Waals surface area contributed by atoms with Gasteiger partial charge in [-0.2, -0.15) is 4.98 Å². The van der Waals surface area contributed by atoms with Crippen LogP contribution in [0.2, 0.25) is 0 Å². The molecule has 0 radical (unpaired) electrons. The SMILES string of the molecule is C=C(C)C(F)(CCOc1cccc(-c2ccn3nc(N)nc3c2)c1F)C(C)(O)c1ccc(F)cc1. The van der Waals surface area contributed by atoms with E-state index in [1.54, 1.807) is 30.5 Å². The lowest BCUT2D eigenvalue weighted by Crippen LogP contribution is -2.48. The van der Waals surface area contributed by atoms with Crippen LogP contribution in [0.1, 0.15) is 25.8 Å². The van der Waals surface area contributed by atoms with Crippen molar-refractivity contribution in [2.24, 2.45) is 0 Å². The van der Waals surface area contributed by atoms with Crippen LogP contribution in [0.5, 0.6) is 5.75 Å². The van der Waals surface area contributed by atoms with Crippen LogP contribution in [0, 0.1) is 11.6 Å². The average molecular weight is 483 g/mol. The molecule has 182 valence electrons. The number of hydrogen-bond donors (Lipinski definition) is 2. The highest BCUT2D eigenvalue weighted by molar-refractivity contribution is 5.69. The minimum absolute atomic E-state index is 0.0607. The van der Waals surface area contributed by atoms with E-state index < -0.39 is 22.9 Å². The van der Waals surface area contributed by atoms with Crippen LogP contribution in [-0.4, -0.2) is 32.0 Å². The lowest BCUT2D eigenvalue weighted by Gasteiger charge is -2.40. The monoisotopic (exact) mass is 482 g/mol. The first kappa shape index (κ1) is 24.3. The molecule has 2 atom stereocenters. The number of alkyl halides is 1. The summed E-state index contributed by atoms with van der Waals surface area (Å²) in [6.45, 7) is 6.20. The molecule has 0 saturated heterocycles. The summed E-state index contributed by atoms with van der Waals surface area (Å²) < 4.78 is 51.8. The van der Waals surface area contributed by atoms with Crippen molar-refractivity contribution in [2.75, 3.05) is 12.3 Å². The molecule has 2 aromatic carbocycles. The van der Waals surface area contributed by atoms with E-state index in [0.29, 0.717) is 11.2 Å². The van der Waals surface area contributed by atoms with E-state index in [1.807, 2.05) is 0 Å². The maximum absolute atomic E-state index is 16.1. The van der Waals surface area contributed by atoms with Crippen LogP contribution in [-0.2, 0) is 5.60 Å². The number of nitrogens with zero attached hydrogens (tertiary/aromatic N) is 3. The zero-order chi connectivity index (χ0) is 25.4. The molecule has 0 aliphatic rings. The number of fused-ring (bicyclic) bond motifs is 1. The fourth-order valence-electron chi connectivity index (χ4n) is 4.09. The Morgan fingerprint density at radius 3 is 2.57 bits per heavy atom. The molecule has 2 aromatic heterocycles.